The van der Waals surface area contributed by atoms with Crippen LogP contribution in [0.4, 0.5) is 0 Å². The summed E-state index contributed by atoms with van der Waals surface area (Å²) in [4.78, 5) is 28.1. The summed E-state index contributed by atoms with van der Waals surface area (Å²) in [6.07, 6.45) is 0. The third kappa shape index (κ3) is 4.93. The Balaban J connectivity index is 1.91. The van der Waals surface area contributed by atoms with Crippen molar-refractivity contribution in [2.45, 2.75) is 20.4 Å². The van der Waals surface area contributed by atoms with Crippen LogP contribution in [-0.4, -0.2) is 30.6 Å². The molecule has 2 rings (SSSR count). The number of nitrogens with zero attached hydrogens (tertiary/aromatic N) is 1. The highest BCUT2D eigenvalue weighted by Crippen LogP contribution is 2.20. The van der Waals surface area contributed by atoms with Gasteiger partial charge in [-0.15, -0.1) is 0 Å². The normalized spacial score (nSPS) is 10.2. The van der Waals surface area contributed by atoms with E-state index in [-0.39, 0.29) is 17.3 Å². The van der Waals surface area contributed by atoms with Crippen molar-refractivity contribution in [2.24, 2.45) is 0 Å². The van der Waals surface area contributed by atoms with Crippen LogP contribution in [0.5, 0.6) is 5.75 Å². The molecule has 0 saturated heterocycles. The maximum atomic E-state index is 12.1. The number of aromatic nitrogens is 1. The Labute approximate surface area is 151 Å². The highest BCUT2D eigenvalue weighted by atomic mass is 35.5. The molecule has 1 aromatic heterocycles. The molecule has 1 N–H and O–H groups in total. The van der Waals surface area contributed by atoms with Gasteiger partial charge in [0.15, 0.2) is 6.61 Å². The second-order valence-electron chi connectivity index (χ2n) is 5.41. The van der Waals surface area contributed by atoms with E-state index in [1.807, 2.05) is 18.2 Å². The Kier molecular flexibility index (Phi) is 6.36. The number of nitrogens with one attached hydrogen (secondary N) is 1. The first-order valence-electron chi connectivity index (χ1n) is 7.61. The molecule has 0 atom stereocenters. The summed E-state index contributed by atoms with van der Waals surface area (Å²) in [5.74, 6) is -0.427. The summed E-state index contributed by atoms with van der Waals surface area (Å²) >= 11 is 5.99. The molecule has 1 amide bonds. The number of aryl methyl sites for hydroxylation is 2. The molecule has 0 spiro atoms. The molecule has 132 valence electrons. The number of carbonyl (C=O) groups excluding carboxylic acids is 2. The fourth-order valence-electron chi connectivity index (χ4n) is 2.33. The average molecular weight is 363 g/mol. The lowest BCUT2D eigenvalue weighted by Crippen LogP contribution is -2.28. The highest BCUT2D eigenvalue weighted by molar-refractivity contribution is 6.32. The summed E-state index contributed by atoms with van der Waals surface area (Å²) in [5.41, 5.74) is 2.35. The van der Waals surface area contributed by atoms with Crippen molar-refractivity contribution >= 4 is 23.5 Å². The number of esters is 1. The minimum absolute atomic E-state index is 0.0666. The number of pyridine rings is 1. The second-order valence-corrected chi connectivity index (χ2v) is 5.77. The van der Waals surface area contributed by atoms with Crippen LogP contribution >= 0.6 is 11.6 Å². The Hall–Kier alpha value is -2.60. The molecule has 0 bridgehead atoms. The van der Waals surface area contributed by atoms with Crippen LogP contribution in [0.1, 0.15) is 27.2 Å². The van der Waals surface area contributed by atoms with Gasteiger partial charge in [-0.1, -0.05) is 29.8 Å². The monoisotopic (exact) mass is 362 g/mol. The van der Waals surface area contributed by atoms with Gasteiger partial charge in [-0.2, -0.15) is 0 Å². The summed E-state index contributed by atoms with van der Waals surface area (Å²) < 4.78 is 10.2. The molecule has 25 heavy (non-hydrogen) atoms. The van der Waals surface area contributed by atoms with Gasteiger partial charge in [0.25, 0.3) is 5.91 Å². The molecular weight excluding hydrogens is 344 g/mol. The zero-order valence-electron chi connectivity index (χ0n) is 14.3. The van der Waals surface area contributed by atoms with E-state index in [4.69, 9.17) is 21.1 Å². The second kappa shape index (κ2) is 8.48. The lowest BCUT2D eigenvalue weighted by atomic mass is 10.1. The number of hydrogen-bond acceptors (Lipinski definition) is 5. The molecule has 0 fully saturated rings. The predicted molar refractivity (Wildman–Crippen MR) is 93.8 cm³/mol. The summed E-state index contributed by atoms with van der Waals surface area (Å²) in [5, 5.41) is 2.74. The number of ether oxygens (including phenoxy) is 2. The first-order chi connectivity index (χ1) is 11.9. The first-order valence-corrected chi connectivity index (χ1v) is 7.99. The Morgan fingerprint density at radius 2 is 1.96 bits per heavy atom. The van der Waals surface area contributed by atoms with Crippen molar-refractivity contribution in [3.63, 3.8) is 0 Å². The van der Waals surface area contributed by atoms with Crippen molar-refractivity contribution in [1.29, 1.82) is 0 Å². The van der Waals surface area contributed by atoms with Gasteiger partial charge in [-0.25, -0.2) is 9.78 Å². The topological polar surface area (TPSA) is 77.5 Å². The summed E-state index contributed by atoms with van der Waals surface area (Å²) in [7, 11) is 1.56. The lowest BCUT2D eigenvalue weighted by Gasteiger charge is -2.11. The molecule has 0 aliphatic rings. The van der Waals surface area contributed by atoms with E-state index in [1.54, 1.807) is 33.1 Å². The number of rotatable bonds is 6. The van der Waals surface area contributed by atoms with E-state index in [1.165, 1.54) is 0 Å². The van der Waals surface area contributed by atoms with Crippen LogP contribution in [0.15, 0.2) is 30.3 Å². The van der Waals surface area contributed by atoms with Crippen LogP contribution in [-0.2, 0) is 16.1 Å². The molecule has 0 aliphatic carbocycles. The maximum absolute atomic E-state index is 12.1. The molecule has 1 aromatic carbocycles. The van der Waals surface area contributed by atoms with Crippen LogP contribution in [0.25, 0.3) is 0 Å². The van der Waals surface area contributed by atoms with Gasteiger partial charge in [0.05, 0.1) is 12.7 Å². The van der Waals surface area contributed by atoms with Gasteiger partial charge in [-0.05, 0) is 31.5 Å². The van der Waals surface area contributed by atoms with Crippen molar-refractivity contribution < 1.29 is 19.1 Å². The molecule has 0 radical (unpaired) electrons. The Morgan fingerprint density at radius 1 is 1.24 bits per heavy atom. The van der Waals surface area contributed by atoms with Crippen molar-refractivity contribution in [1.82, 2.24) is 10.3 Å². The number of hydrogen-bond donors (Lipinski definition) is 1. The van der Waals surface area contributed by atoms with Crippen LogP contribution in [0.2, 0.25) is 5.15 Å². The average Bonchev–Trinajstić information content (AvgIpc) is 2.57. The number of para-hydroxylation sites is 1. The van der Waals surface area contributed by atoms with E-state index in [2.05, 4.69) is 10.3 Å². The fraction of sp³-hybridized carbons (Fsp3) is 0.278. The van der Waals surface area contributed by atoms with Gasteiger partial charge >= 0.3 is 5.97 Å². The molecule has 2 aromatic rings. The summed E-state index contributed by atoms with van der Waals surface area (Å²) in [6, 6.07) is 9.06. The van der Waals surface area contributed by atoms with Crippen LogP contribution < -0.4 is 10.1 Å². The molecule has 0 aliphatic heterocycles. The predicted octanol–water partition coefficient (Wildman–Crippen LogP) is 2.83. The molecule has 0 saturated carbocycles. The zero-order chi connectivity index (χ0) is 18.4. The zero-order valence-corrected chi connectivity index (χ0v) is 15.0. The lowest BCUT2D eigenvalue weighted by molar-refractivity contribution is -0.124. The number of amides is 1. The van der Waals surface area contributed by atoms with E-state index < -0.39 is 18.5 Å². The van der Waals surface area contributed by atoms with Gasteiger partial charge in [0.2, 0.25) is 0 Å². The first kappa shape index (κ1) is 18.7. The number of benzene rings is 1. The van der Waals surface area contributed by atoms with Crippen molar-refractivity contribution in [3.05, 3.63) is 57.9 Å². The smallest absolute Gasteiger partial charge is 0.342 e. The summed E-state index contributed by atoms with van der Waals surface area (Å²) in [6.45, 7) is 3.38. The van der Waals surface area contributed by atoms with E-state index in [0.29, 0.717) is 17.0 Å². The van der Waals surface area contributed by atoms with Crippen LogP contribution in [0, 0.1) is 13.8 Å². The van der Waals surface area contributed by atoms with Gasteiger partial charge < -0.3 is 14.8 Å². The molecule has 6 nitrogen and oxygen atoms in total. The SMILES string of the molecule is COc1ccccc1CNC(=O)COC(=O)c1c(C)cc(C)nc1Cl. The van der Waals surface area contributed by atoms with Gasteiger partial charge in [-0.3, -0.25) is 4.79 Å². The number of carbonyl (C=O) groups is 2. The minimum Gasteiger partial charge on any atom is -0.496 e. The number of halogens is 1. The van der Waals surface area contributed by atoms with E-state index in [0.717, 1.165) is 5.56 Å². The quantitative estimate of drug-likeness (QED) is 0.631. The fourth-order valence-corrected chi connectivity index (χ4v) is 2.69. The van der Waals surface area contributed by atoms with E-state index >= 15 is 0 Å². The number of methoxy groups -OCH3 is 1. The minimum atomic E-state index is -0.678. The van der Waals surface area contributed by atoms with Crippen LogP contribution in [0.3, 0.4) is 0 Å². The van der Waals surface area contributed by atoms with Crippen molar-refractivity contribution in [3.8, 4) is 5.75 Å². The van der Waals surface area contributed by atoms with Crippen molar-refractivity contribution in [2.75, 3.05) is 13.7 Å². The van der Waals surface area contributed by atoms with Gasteiger partial charge in [0.1, 0.15) is 10.9 Å². The largest absolute Gasteiger partial charge is 0.496 e. The van der Waals surface area contributed by atoms with E-state index in [9.17, 15) is 9.59 Å². The molecule has 7 heteroatoms. The Morgan fingerprint density at radius 3 is 2.64 bits per heavy atom. The molecular formula is C18H19ClN2O4. The van der Waals surface area contributed by atoms with Gasteiger partial charge in [0, 0.05) is 17.8 Å². The molecule has 1 heterocycles. The maximum Gasteiger partial charge on any atom is 0.342 e. The highest BCUT2D eigenvalue weighted by Gasteiger charge is 2.18. The molecule has 0 unspecified atom stereocenters. The third-order valence-corrected chi connectivity index (χ3v) is 3.78. The third-order valence-electron chi connectivity index (χ3n) is 3.51. The Bertz CT molecular complexity index is 769. The standard InChI is InChI=1S/C18H19ClN2O4/c1-11-8-12(2)21-17(19)16(11)18(23)25-10-15(22)20-9-13-6-4-5-7-14(13)24-3/h4-8H,9-10H2,1-3H3,(H,20,22).